The van der Waals surface area contributed by atoms with Gasteiger partial charge in [0.2, 0.25) is 0 Å². The molecule has 0 spiro atoms. The molecule has 0 aliphatic carbocycles. The topological polar surface area (TPSA) is 129 Å². The van der Waals surface area contributed by atoms with E-state index in [1.54, 1.807) is 24.3 Å². The molecule has 0 radical (unpaired) electrons. The van der Waals surface area contributed by atoms with E-state index in [9.17, 15) is 14.4 Å². The Balaban J connectivity index is 1.98. The highest BCUT2D eigenvalue weighted by molar-refractivity contribution is 6.15. The van der Waals surface area contributed by atoms with Crippen LogP contribution in [-0.4, -0.2) is 41.9 Å². The number of carboxylic acids is 1. The molecule has 1 aliphatic rings. The summed E-state index contributed by atoms with van der Waals surface area (Å²) in [5.41, 5.74) is 4.82. The average Bonchev–Trinajstić information content (AvgIpc) is 2.92. The van der Waals surface area contributed by atoms with E-state index in [2.05, 4.69) is 21.1 Å². The lowest BCUT2D eigenvalue weighted by atomic mass is 10.1. The Labute approximate surface area is 124 Å². The first kappa shape index (κ1) is 15.2. The molecular formula is C13H12N4O5. The molecule has 9 heteroatoms. The van der Waals surface area contributed by atoms with E-state index in [0.29, 0.717) is 11.3 Å². The number of hydrazone groups is 2. The van der Waals surface area contributed by atoms with Crippen molar-refractivity contribution in [1.82, 2.24) is 10.9 Å². The van der Waals surface area contributed by atoms with Crippen LogP contribution in [0.3, 0.4) is 0 Å². The van der Waals surface area contributed by atoms with E-state index < -0.39 is 30.3 Å². The summed E-state index contributed by atoms with van der Waals surface area (Å²) in [4.78, 5) is 33.4. The van der Waals surface area contributed by atoms with Gasteiger partial charge in [0.15, 0.2) is 12.5 Å². The summed E-state index contributed by atoms with van der Waals surface area (Å²) in [5, 5.41) is 15.8. The van der Waals surface area contributed by atoms with Crippen LogP contribution < -0.4 is 15.6 Å². The predicted molar refractivity (Wildman–Crippen MR) is 75.4 cm³/mol. The lowest BCUT2D eigenvalue weighted by molar-refractivity contribution is -0.139. The molecule has 22 heavy (non-hydrogen) atoms. The third kappa shape index (κ3) is 3.88. The van der Waals surface area contributed by atoms with Gasteiger partial charge in [0.05, 0.1) is 6.21 Å². The molecule has 0 fully saturated rings. The number of aliphatic carboxylic acids is 1. The fourth-order valence-electron chi connectivity index (χ4n) is 1.59. The molecule has 2 amide bonds. The van der Waals surface area contributed by atoms with E-state index in [-0.39, 0.29) is 0 Å². The molecule has 114 valence electrons. The number of hydrogen-bond donors (Lipinski definition) is 3. The fourth-order valence-corrected chi connectivity index (χ4v) is 1.59. The monoisotopic (exact) mass is 304 g/mol. The van der Waals surface area contributed by atoms with Crippen LogP contribution in [0.2, 0.25) is 0 Å². The number of rotatable bonds is 6. The minimum absolute atomic E-state index is 0.308. The molecule has 9 nitrogen and oxygen atoms in total. The highest BCUT2D eigenvalue weighted by atomic mass is 16.5. The first-order valence-corrected chi connectivity index (χ1v) is 6.17. The number of nitrogens with one attached hydrogen (secondary N) is 2. The maximum atomic E-state index is 11.7. The second kappa shape index (κ2) is 6.97. The Morgan fingerprint density at radius 3 is 2.91 bits per heavy atom. The van der Waals surface area contributed by atoms with Gasteiger partial charge in [0.1, 0.15) is 5.75 Å². The standard InChI is InChI=1S/C13H12N4O5/c18-11(19)7-22-10-4-2-1-3-8(10)5-14-16-12(20)9-6-15-17-13(9)21/h1-6,9H,7H2,(H,16,20)(H,17,21)(H,18,19)/b14-5-/t9-/m0/s1. The summed E-state index contributed by atoms with van der Waals surface area (Å²) in [5.74, 6) is -2.97. The van der Waals surface area contributed by atoms with Crippen LogP contribution in [0.1, 0.15) is 5.56 Å². The maximum absolute atomic E-state index is 11.7. The van der Waals surface area contributed by atoms with Crippen molar-refractivity contribution in [1.29, 1.82) is 0 Å². The molecule has 3 N–H and O–H groups in total. The SMILES string of the molecule is O=C(O)COc1ccccc1/C=N\NC(=O)[C@@H]1C=NNC1=O. The van der Waals surface area contributed by atoms with Gasteiger partial charge in [-0.05, 0) is 12.1 Å². The largest absolute Gasteiger partial charge is 0.481 e. The Morgan fingerprint density at radius 1 is 1.45 bits per heavy atom. The molecule has 0 saturated carbocycles. The number of hydrogen-bond acceptors (Lipinski definition) is 6. The van der Waals surface area contributed by atoms with E-state index in [0.717, 1.165) is 0 Å². The van der Waals surface area contributed by atoms with Gasteiger partial charge < -0.3 is 9.84 Å². The van der Waals surface area contributed by atoms with Crippen molar-refractivity contribution in [2.45, 2.75) is 0 Å². The Kier molecular flexibility index (Phi) is 4.81. The minimum atomic E-state index is -1.11. The lowest BCUT2D eigenvalue weighted by Gasteiger charge is -2.06. The van der Waals surface area contributed by atoms with E-state index in [4.69, 9.17) is 9.84 Å². The van der Waals surface area contributed by atoms with Crippen LogP contribution in [-0.2, 0) is 14.4 Å². The molecular weight excluding hydrogens is 292 g/mol. The van der Waals surface area contributed by atoms with Crippen molar-refractivity contribution < 1.29 is 24.2 Å². The molecule has 1 heterocycles. The first-order chi connectivity index (χ1) is 10.6. The van der Waals surface area contributed by atoms with Gasteiger partial charge in [-0.1, -0.05) is 12.1 Å². The van der Waals surface area contributed by atoms with Gasteiger partial charge in [-0.3, -0.25) is 9.59 Å². The average molecular weight is 304 g/mol. The van der Waals surface area contributed by atoms with Crippen molar-refractivity contribution >= 4 is 30.2 Å². The Bertz CT molecular complexity index is 656. The zero-order valence-corrected chi connectivity index (χ0v) is 11.2. The summed E-state index contributed by atoms with van der Waals surface area (Å²) in [7, 11) is 0. The van der Waals surface area contributed by atoms with Crippen LogP contribution >= 0.6 is 0 Å². The smallest absolute Gasteiger partial charge is 0.341 e. The van der Waals surface area contributed by atoms with E-state index in [1.165, 1.54) is 12.4 Å². The van der Waals surface area contributed by atoms with Crippen molar-refractivity contribution in [2.75, 3.05) is 6.61 Å². The fraction of sp³-hybridized carbons (Fsp3) is 0.154. The van der Waals surface area contributed by atoms with E-state index in [1.807, 2.05) is 0 Å². The van der Waals surface area contributed by atoms with Gasteiger partial charge in [-0.25, -0.2) is 15.6 Å². The number of carbonyl (C=O) groups excluding carboxylic acids is 2. The van der Waals surface area contributed by atoms with Gasteiger partial charge in [0, 0.05) is 11.8 Å². The second-order valence-electron chi connectivity index (χ2n) is 4.19. The first-order valence-electron chi connectivity index (χ1n) is 6.17. The van der Waals surface area contributed by atoms with Gasteiger partial charge in [-0.15, -0.1) is 0 Å². The summed E-state index contributed by atoms with van der Waals surface area (Å²) < 4.78 is 5.08. The van der Waals surface area contributed by atoms with Gasteiger partial charge in [-0.2, -0.15) is 10.2 Å². The van der Waals surface area contributed by atoms with Crippen molar-refractivity contribution in [3.05, 3.63) is 29.8 Å². The number of para-hydroxylation sites is 1. The molecule has 1 atom stereocenters. The molecule has 1 aliphatic heterocycles. The number of ether oxygens (including phenoxy) is 1. The molecule has 0 aromatic heterocycles. The maximum Gasteiger partial charge on any atom is 0.341 e. The van der Waals surface area contributed by atoms with Crippen LogP contribution in [0.15, 0.2) is 34.5 Å². The van der Waals surface area contributed by atoms with Crippen molar-refractivity contribution in [2.24, 2.45) is 16.1 Å². The second-order valence-corrected chi connectivity index (χ2v) is 4.19. The molecule has 0 unspecified atom stereocenters. The third-order valence-corrected chi connectivity index (χ3v) is 2.61. The number of nitrogens with zero attached hydrogens (tertiary/aromatic N) is 2. The zero-order valence-electron chi connectivity index (χ0n) is 11.2. The summed E-state index contributed by atoms with van der Waals surface area (Å²) >= 11 is 0. The zero-order chi connectivity index (χ0) is 15.9. The van der Waals surface area contributed by atoms with Crippen molar-refractivity contribution in [3.8, 4) is 5.75 Å². The summed E-state index contributed by atoms with van der Waals surface area (Å²) in [6.07, 6.45) is 2.47. The van der Waals surface area contributed by atoms with Gasteiger partial charge >= 0.3 is 5.97 Å². The van der Waals surface area contributed by atoms with Crippen LogP contribution in [0.25, 0.3) is 0 Å². The van der Waals surface area contributed by atoms with Crippen LogP contribution in [0.4, 0.5) is 0 Å². The van der Waals surface area contributed by atoms with Crippen LogP contribution in [0, 0.1) is 5.92 Å². The Morgan fingerprint density at radius 2 is 2.23 bits per heavy atom. The molecule has 2 rings (SSSR count). The minimum Gasteiger partial charge on any atom is -0.481 e. The highest BCUT2D eigenvalue weighted by Crippen LogP contribution is 2.15. The number of amides is 2. The number of carboxylic acid groups (broad SMARTS) is 1. The normalized spacial score (nSPS) is 16.5. The predicted octanol–water partition coefficient (Wildman–Crippen LogP) is -0.668. The summed E-state index contributed by atoms with van der Waals surface area (Å²) in [6.45, 7) is -0.490. The number of carbonyl (C=O) groups is 3. The quantitative estimate of drug-likeness (QED) is 0.365. The van der Waals surface area contributed by atoms with Crippen molar-refractivity contribution in [3.63, 3.8) is 0 Å². The van der Waals surface area contributed by atoms with Gasteiger partial charge in [0.25, 0.3) is 11.8 Å². The molecule has 0 saturated heterocycles. The third-order valence-electron chi connectivity index (χ3n) is 2.61. The summed E-state index contributed by atoms with van der Waals surface area (Å²) in [6, 6.07) is 6.58. The highest BCUT2D eigenvalue weighted by Gasteiger charge is 2.28. The molecule has 1 aromatic carbocycles. The number of benzene rings is 1. The lowest BCUT2D eigenvalue weighted by Crippen LogP contribution is -2.34. The molecule has 0 bridgehead atoms. The van der Waals surface area contributed by atoms with Crippen LogP contribution in [0.5, 0.6) is 5.75 Å². The van der Waals surface area contributed by atoms with E-state index >= 15 is 0 Å². The molecule has 1 aromatic rings. The Hall–Kier alpha value is -3.23.